The van der Waals surface area contributed by atoms with E-state index in [1.807, 2.05) is 18.3 Å². The number of hydrogen-bond donors (Lipinski definition) is 1. The minimum absolute atomic E-state index is 0.740. The summed E-state index contributed by atoms with van der Waals surface area (Å²) < 4.78 is 2.27. The SMILES string of the molecule is CCc1c(C)c(C#N)c2[nH]c3ccccc3[n+]2c1N1CCN(c2cccc[nH+]2)CC1. The van der Waals surface area contributed by atoms with Crippen LogP contribution in [0.5, 0.6) is 0 Å². The number of piperazine rings is 1. The molecule has 6 heteroatoms. The number of pyridine rings is 2. The topological polar surface area (TPSA) is 64.3 Å². The summed E-state index contributed by atoms with van der Waals surface area (Å²) >= 11 is 0. The molecule has 1 fully saturated rings. The Kier molecular flexibility index (Phi) is 4.51. The van der Waals surface area contributed by atoms with E-state index in [0.29, 0.717) is 0 Å². The first-order chi connectivity index (χ1) is 14.7. The van der Waals surface area contributed by atoms with Crippen LogP contribution in [-0.2, 0) is 6.42 Å². The van der Waals surface area contributed by atoms with Gasteiger partial charge in [-0.2, -0.15) is 9.66 Å². The van der Waals surface area contributed by atoms with Gasteiger partial charge in [-0.1, -0.05) is 25.1 Å². The number of benzene rings is 1. The Morgan fingerprint density at radius 3 is 2.50 bits per heavy atom. The standard InChI is InChI=1S/C24H24N6/c1-3-18-17(2)19(16-25)23-27-20-8-4-5-9-21(20)30(23)24(18)29-14-12-28(13-15-29)22-10-6-7-11-26-22/h4-11H,3,12-15H2,1-2H3/p+2. The molecule has 4 aromatic rings. The zero-order valence-corrected chi connectivity index (χ0v) is 17.4. The van der Waals surface area contributed by atoms with Gasteiger partial charge in [0.2, 0.25) is 11.5 Å². The number of H-pyrrole nitrogens is 2. The minimum atomic E-state index is 0.740. The fraction of sp³-hybridized carbons (Fsp3) is 0.292. The molecule has 6 nitrogen and oxygen atoms in total. The Morgan fingerprint density at radius 2 is 1.80 bits per heavy atom. The van der Waals surface area contributed by atoms with Crippen molar-refractivity contribution in [3.8, 4) is 6.07 Å². The van der Waals surface area contributed by atoms with Crippen molar-refractivity contribution >= 4 is 28.3 Å². The quantitative estimate of drug-likeness (QED) is 0.540. The molecule has 1 aliphatic rings. The highest BCUT2D eigenvalue weighted by Gasteiger charge is 2.33. The van der Waals surface area contributed by atoms with E-state index in [1.165, 1.54) is 11.4 Å². The number of aromatic amines is 2. The Balaban J connectivity index is 1.65. The third-order valence-corrected chi connectivity index (χ3v) is 6.25. The molecule has 5 rings (SSSR count). The maximum Gasteiger partial charge on any atom is 0.274 e. The molecule has 3 aromatic heterocycles. The second-order valence-corrected chi connectivity index (χ2v) is 7.82. The summed E-state index contributed by atoms with van der Waals surface area (Å²) in [6.45, 7) is 8.04. The van der Waals surface area contributed by atoms with Gasteiger partial charge in [0.15, 0.2) is 0 Å². The van der Waals surface area contributed by atoms with E-state index in [-0.39, 0.29) is 0 Å². The highest BCUT2D eigenvalue weighted by atomic mass is 15.3. The van der Waals surface area contributed by atoms with Crippen LogP contribution in [0.25, 0.3) is 16.7 Å². The summed E-state index contributed by atoms with van der Waals surface area (Å²) in [5, 5.41) is 9.92. The molecule has 0 bridgehead atoms. The monoisotopic (exact) mass is 398 g/mol. The van der Waals surface area contributed by atoms with Crippen LogP contribution in [-0.4, -0.2) is 31.2 Å². The van der Waals surface area contributed by atoms with Crippen LogP contribution >= 0.6 is 0 Å². The van der Waals surface area contributed by atoms with E-state index in [1.54, 1.807) is 0 Å². The Morgan fingerprint density at radius 1 is 1.07 bits per heavy atom. The van der Waals surface area contributed by atoms with Crippen LogP contribution in [0.2, 0.25) is 0 Å². The van der Waals surface area contributed by atoms with Gasteiger partial charge in [0.1, 0.15) is 48.8 Å². The van der Waals surface area contributed by atoms with Gasteiger partial charge in [0, 0.05) is 11.6 Å². The minimum Gasteiger partial charge on any atom is -0.284 e. The van der Waals surface area contributed by atoms with E-state index >= 15 is 0 Å². The number of rotatable bonds is 3. The number of fused-ring (bicyclic) bond motifs is 3. The molecule has 30 heavy (non-hydrogen) atoms. The molecular formula is C24H26N6+2. The third-order valence-electron chi connectivity index (χ3n) is 6.25. The van der Waals surface area contributed by atoms with Gasteiger partial charge in [0.05, 0.1) is 6.20 Å². The highest BCUT2D eigenvalue weighted by molar-refractivity contribution is 5.78. The normalized spacial score (nSPS) is 14.4. The van der Waals surface area contributed by atoms with Crippen LogP contribution in [0.1, 0.15) is 23.6 Å². The van der Waals surface area contributed by atoms with Crippen molar-refractivity contribution in [3.63, 3.8) is 0 Å². The average Bonchev–Trinajstić information content (AvgIpc) is 3.18. The van der Waals surface area contributed by atoms with Gasteiger partial charge < -0.3 is 0 Å². The molecule has 4 heterocycles. The fourth-order valence-electron chi connectivity index (χ4n) is 4.74. The number of anilines is 2. The van der Waals surface area contributed by atoms with Crippen molar-refractivity contribution in [1.82, 2.24) is 4.98 Å². The lowest BCUT2D eigenvalue weighted by molar-refractivity contribution is -0.468. The number of nitriles is 1. The van der Waals surface area contributed by atoms with Gasteiger partial charge >= 0.3 is 0 Å². The molecule has 0 saturated carbocycles. The summed E-state index contributed by atoms with van der Waals surface area (Å²) in [4.78, 5) is 11.7. The molecule has 150 valence electrons. The van der Waals surface area contributed by atoms with Crippen molar-refractivity contribution in [2.45, 2.75) is 20.3 Å². The van der Waals surface area contributed by atoms with Crippen LogP contribution in [0.4, 0.5) is 11.6 Å². The second-order valence-electron chi connectivity index (χ2n) is 7.82. The first-order valence-corrected chi connectivity index (χ1v) is 10.6. The Hall–Kier alpha value is -3.59. The maximum atomic E-state index is 9.92. The van der Waals surface area contributed by atoms with Gasteiger partial charge in [-0.25, -0.2) is 4.98 Å². The molecule has 0 unspecified atom stereocenters. The molecule has 0 aliphatic carbocycles. The third kappa shape index (κ3) is 2.78. The van der Waals surface area contributed by atoms with Crippen LogP contribution in [0.3, 0.4) is 0 Å². The van der Waals surface area contributed by atoms with Crippen molar-refractivity contribution in [1.29, 1.82) is 5.26 Å². The molecule has 1 aliphatic heterocycles. The number of nitrogens with one attached hydrogen (secondary N) is 2. The van der Waals surface area contributed by atoms with Crippen molar-refractivity contribution < 1.29 is 9.38 Å². The van der Waals surface area contributed by atoms with E-state index in [4.69, 9.17) is 0 Å². The number of hydrogen-bond acceptors (Lipinski definition) is 3. The lowest BCUT2D eigenvalue weighted by Gasteiger charge is -2.30. The molecule has 0 spiro atoms. The molecule has 0 amide bonds. The van der Waals surface area contributed by atoms with E-state index < -0.39 is 0 Å². The molecule has 1 saturated heterocycles. The maximum absolute atomic E-state index is 9.92. The first-order valence-electron chi connectivity index (χ1n) is 10.6. The lowest BCUT2D eigenvalue weighted by atomic mass is 10.0. The van der Waals surface area contributed by atoms with Crippen molar-refractivity contribution in [3.05, 3.63) is 65.4 Å². The fourth-order valence-corrected chi connectivity index (χ4v) is 4.74. The second kappa shape index (κ2) is 7.34. The predicted molar refractivity (Wildman–Crippen MR) is 118 cm³/mol. The molecule has 2 N–H and O–H groups in total. The van der Waals surface area contributed by atoms with Gasteiger partial charge in [-0.15, -0.1) is 0 Å². The molecular weight excluding hydrogens is 372 g/mol. The number of nitrogens with zero attached hydrogens (tertiary/aromatic N) is 4. The summed E-state index contributed by atoms with van der Waals surface area (Å²) in [6, 6.07) is 17.0. The van der Waals surface area contributed by atoms with Crippen LogP contribution in [0.15, 0.2) is 48.7 Å². The van der Waals surface area contributed by atoms with Crippen LogP contribution < -0.4 is 19.2 Å². The average molecular weight is 399 g/mol. The van der Waals surface area contributed by atoms with Crippen molar-refractivity contribution in [2.24, 2.45) is 0 Å². The van der Waals surface area contributed by atoms with E-state index in [0.717, 1.165) is 66.2 Å². The van der Waals surface area contributed by atoms with Gasteiger partial charge in [0.25, 0.3) is 5.82 Å². The van der Waals surface area contributed by atoms with E-state index in [2.05, 4.69) is 74.4 Å². The summed E-state index contributed by atoms with van der Waals surface area (Å²) in [6.07, 6.45) is 2.87. The Bertz CT molecular complexity index is 1260. The smallest absolute Gasteiger partial charge is 0.274 e. The summed E-state index contributed by atoms with van der Waals surface area (Å²) in [7, 11) is 0. The van der Waals surface area contributed by atoms with E-state index in [9.17, 15) is 5.26 Å². The number of aromatic nitrogens is 3. The first kappa shape index (κ1) is 18.4. The molecule has 0 atom stereocenters. The predicted octanol–water partition coefficient (Wildman–Crippen LogP) is 2.79. The highest BCUT2D eigenvalue weighted by Crippen LogP contribution is 2.29. The lowest BCUT2D eigenvalue weighted by Crippen LogP contribution is -2.51. The summed E-state index contributed by atoms with van der Waals surface area (Å²) in [5.41, 5.74) is 6.15. The largest absolute Gasteiger partial charge is 0.284 e. The summed E-state index contributed by atoms with van der Waals surface area (Å²) in [5.74, 6) is 2.38. The van der Waals surface area contributed by atoms with Crippen LogP contribution in [0, 0.1) is 18.3 Å². The zero-order chi connectivity index (χ0) is 20.7. The Labute approximate surface area is 176 Å². The number of imidazole rings is 1. The molecule has 0 radical (unpaired) electrons. The van der Waals surface area contributed by atoms with Gasteiger partial charge in [-0.3, -0.25) is 14.8 Å². The van der Waals surface area contributed by atoms with Crippen molar-refractivity contribution in [2.75, 3.05) is 36.0 Å². The number of para-hydroxylation sites is 2. The van der Waals surface area contributed by atoms with Gasteiger partial charge in [-0.05, 0) is 37.1 Å². The zero-order valence-electron chi connectivity index (χ0n) is 17.4. The molecule has 1 aromatic carbocycles.